The van der Waals surface area contributed by atoms with E-state index in [0.29, 0.717) is 0 Å². The number of anilines is 1. The molecule has 3 rings (SSSR count). The predicted octanol–water partition coefficient (Wildman–Crippen LogP) is 4.17. The van der Waals surface area contributed by atoms with Gasteiger partial charge in [0.05, 0.1) is 16.8 Å². The number of hydrogen-bond acceptors (Lipinski definition) is 3. The monoisotopic (exact) mass is 282 g/mol. The molecule has 100 valence electrons. The number of nitrogens with one attached hydrogen (secondary N) is 1. The molecule has 0 aliphatic carbocycles. The van der Waals surface area contributed by atoms with Gasteiger partial charge in [0.15, 0.2) is 0 Å². The molecule has 0 radical (unpaired) electrons. The number of carbonyl (C=O) groups is 1. The molecule has 0 saturated heterocycles. The first-order chi connectivity index (χ1) is 9.66. The van der Waals surface area contributed by atoms with Gasteiger partial charge in [0.25, 0.3) is 5.91 Å². The van der Waals surface area contributed by atoms with E-state index in [9.17, 15) is 4.79 Å². The lowest BCUT2D eigenvalue weighted by Crippen LogP contribution is -2.12. The van der Waals surface area contributed by atoms with Gasteiger partial charge in [-0.1, -0.05) is 6.07 Å². The number of amides is 1. The van der Waals surface area contributed by atoms with Crippen LogP contribution >= 0.6 is 11.3 Å². The quantitative estimate of drug-likeness (QED) is 0.766. The zero-order valence-electron chi connectivity index (χ0n) is 11.3. The molecule has 3 nitrogen and oxygen atoms in total. The molecule has 2 aromatic heterocycles. The van der Waals surface area contributed by atoms with E-state index in [2.05, 4.69) is 10.3 Å². The molecule has 1 aromatic carbocycles. The molecule has 0 aliphatic heterocycles. The topological polar surface area (TPSA) is 42.0 Å². The number of aryl methyl sites for hydroxylation is 1. The third-order valence-corrected chi connectivity index (χ3v) is 4.44. The maximum atomic E-state index is 12.4. The highest BCUT2D eigenvalue weighted by molar-refractivity contribution is 7.10. The normalized spacial score (nSPS) is 10.7. The zero-order chi connectivity index (χ0) is 14.1. The van der Waals surface area contributed by atoms with Crippen molar-refractivity contribution in [2.75, 3.05) is 5.32 Å². The molecule has 0 aliphatic rings. The van der Waals surface area contributed by atoms with Crippen LogP contribution in [0.15, 0.2) is 41.9 Å². The smallest absolute Gasteiger partial charge is 0.256 e. The van der Waals surface area contributed by atoms with Gasteiger partial charge in [-0.3, -0.25) is 9.78 Å². The molecular weight excluding hydrogens is 268 g/mol. The minimum atomic E-state index is -0.0665. The number of carbonyl (C=O) groups excluding carboxylic acids is 1. The van der Waals surface area contributed by atoms with Crippen molar-refractivity contribution in [3.8, 4) is 0 Å². The van der Waals surface area contributed by atoms with Crippen molar-refractivity contribution < 1.29 is 4.79 Å². The molecule has 4 heteroatoms. The van der Waals surface area contributed by atoms with Crippen LogP contribution in [0.5, 0.6) is 0 Å². The summed E-state index contributed by atoms with van der Waals surface area (Å²) in [5, 5.41) is 5.84. The molecule has 2 heterocycles. The van der Waals surface area contributed by atoms with E-state index in [1.165, 1.54) is 4.88 Å². The van der Waals surface area contributed by atoms with E-state index in [1.807, 2.05) is 49.6 Å². The van der Waals surface area contributed by atoms with Crippen molar-refractivity contribution in [3.63, 3.8) is 0 Å². The summed E-state index contributed by atoms with van der Waals surface area (Å²) in [6, 6.07) is 9.57. The molecular formula is C16H14N2OS. The summed E-state index contributed by atoms with van der Waals surface area (Å²) < 4.78 is 0. The zero-order valence-corrected chi connectivity index (χ0v) is 12.1. The van der Waals surface area contributed by atoms with Crippen molar-refractivity contribution in [2.24, 2.45) is 0 Å². The van der Waals surface area contributed by atoms with Crippen molar-refractivity contribution in [3.05, 3.63) is 57.9 Å². The van der Waals surface area contributed by atoms with Crippen LogP contribution in [0.4, 0.5) is 5.69 Å². The average Bonchev–Trinajstić information content (AvgIpc) is 2.79. The number of nitrogens with zero attached hydrogens (tertiary/aromatic N) is 1. The summed E-state index contributed by atoms with van der Waals surface area (Å²) in [5.41, 5.74) is 3.46. The fourth-order valence-electron chi connectivity index (χ4n) is 2.14. The van der Waals surface area contributed by atoms with Gasteiger partial charge in [-0.25, -0.2) is 0 Å². The number of fused-ring (bicyclic) bond motifs is 1. The lowest BCUT2D eigenvalue weighted by molar-refractivity contribution is 0.102. The van der Waals surface area contributed by atoms with Crippen LogP contribution in [0.2, 0.25) is 0 Å². The maximum absolute atomic E-state index is 12.4. The Morgan fingerprint density at radius 3 is 2.80 bits per heavy atom. The van der Waals surface area contributed by atoms with Crippen LogP contribution in [-0.2, 0) is 0 Å². The van der Waals surface area contributed by atoms with Crippen LogP contribution in [0.1, 0.15) is 20.8 Å². The molecule has 0 saturated carbocycles. The van der Waals surface area contributed by atoms with Gasteiger partial charge in [-0.15, -0.1) is 11.3 Å². The van der Waals surface area contributed by atoms with Crippen molar-refractivity contribution in [1.82, 2.24) is 4.98 Å². The van der Waals surface area contributed by atoms with E-state index in [0.717, 1.165) is 27.7 Å². The van der Waals surface area contributed by atoms with E-state index in [-0.39, 0.29) is 5.91 Å². The summed E-state index contributed by atoms with van der Waals surface area (Å²) in [6.07, 6.45) is 1.75. The summed E-state index contributed by atoms with van der Waals surface area (Å²) in [6.45, 7) is 4.00. The summed E-state index contributed by atoms with van der Waals surface area (Å²) in [4.78, 5) is 17.8. The third kappa shape index (κ3) is 2.18. The molecule has 1 amide bonds. The second kappa shape index (κ2) is 5.06. The Balaban J connectivity index is 1.97. The largest absolute Gasteiger partial charge is 0.321 e. The Hall–Kier alpha value is -2.20. The predicted molar refractivity (Wildman–Crippen MR) is 83.5 cm³/mol. The second-order valence-electron chi connectivity index (χ2n) is 4.66. The molecule has 0 bridgehead atoms. The number of benzene rings is 1. The minimum Gasteiger partial charge on any atom is -0.321 e. The van der Waals surface area contributed by atoms with Gasteiger partial charge in [0.1, 0.15) is 0 Å². The van der Waals surface area contributed by atoms with Crippen molar-refractivity contribution in [1.29, 1.82) is 0 Å². The Labute approximate surface area is 121 Å². The summed E-state index contributed by atoms with van der Waals surface area (Å²) >= 11 is 1.60. The number of thiophene rings is 1. The molecule has 0 spiro atoms. The first-order valence-corrected chi connectivity index (χ1v) is 7.24. The fourth-order valence-corrected chi connectivity index (χ4v) is 3.00. The highest BCUT2D eigenvalue weighted by Crippen LogP contribution is 2.25. The molecule has 0 fully saturated rings. The van der Waals surface area contributed by atoms with Crippen LogP contribution in [-0.4, -0.2) is 10.9 Å². The van der Waals surface area contributed by atoms with Crippen LogP contribution in [0.3, 0.4) is 0 Å². The highest BCUT2D eigenvalue weighted by Gasteiger charge is 2.13. The average molecular weight is 282 g/mol. The Kier molecular flexibility index (Phi) is 3.24. The Bertz CT molecular complexity index is 787. The van der Waals surface area contributed by atoms with Gasteiger partial charge in [-0.05, 0) is 43.7 Å². The first-order valence-electron chi connectivity index (χ1n) is 6.36. The van der Waals surface area contributed by atoms with Crippen molar-refractivity contribution >= 4 is 33.8 Å². The maximum Gasteiger partial charge on any atom is 0.256 e. The van der Waals surface area contributed by atoms with E-state index in [1.54, 1.807) is 17.5 Å². The molecule has 20 heavy (non-hydrogen) atoms. The number of pyridine rings is 1. The number of hydrogen-bond donors (Lipinski definition) is 1. The van der Waals surface area contributed by atoms with E-state index >= 15 is 0 Å². The standard InChI is InChI=1S/C16H14N2OS/c1-10-11(2)20-9-13(10)16(19)18-15-7-3-6-14-12(15)5-4-8-17-14/h3-9H,1-2H3,(H,18,19). The minimum absolute atomic E-state index is 0.0665. The lowest BCUT2D eigenvalue weighted by Gasteiger charge is -2.08. The molecule has 0 unspecified atom stereocenters. The molecule has 1 N–H and O–H groups in total. The third-order valence-electron chi connectivity index (χ3n) is 3.42. The van der Waals surface area contributed by atoms with Gasteiger partial charge < -0.3 is 5.32 Å². The van der Waals surface area contributed by atoms with E-state index in [4.69, 9.17) is 0 Å². The molecule has 3 aromatic rings. The highest BCUT2D eigenvalue weighted by atomic mass is 32.1. The summed E-state index contributed by atoms with van der Waals surface area (Å²) in [5.74, 6) is -0.0665. The van der Waals surface area contributed by atoms with Crippen LogP contribution < -0.4 is 5.32 Å². The van der Waals surface area contributed by atoms with Gasteiger partial charge in [0.2, 0.25) is 0 Å². The van der Waals surface area contributed by atoms with Crippen molar-refractivity contribution in [2.45, 2.75) is 13.8 Å². The van der Waals surface area contributed by atoms with Gasteiger partial charge >= 0.3 is 0 Å². The van der Waals surface area contributed by atoms with Gasteiger partial charge in [-0.2, -0.15) is 0 Å². The van der Waals surface area contributed by atoms with Crippen LogP contribution in [0.25, 0.3) is 10.9 Å². The number of aromatic nitrogens is 1. The second-order valence-corrected chi connectivity index (χ2v) is 5.74. The first kappa shape index (κ1) is 12.8. The fraction of sp³-hybridized carbons (Fsp3) is 0.125. The molecule has 0 atom stereocenters. The Morgan fingerprint density at radius 1 is 1.20 bits per heavy atom. The number of rotatable bonds is 2. The van der Waals surface area contributed by atoms with Gasteiger partial charge in [0, 0.05) is 21.8 Å². The lowest BCUT2D eigenvalue weighted by atomic mass is 10.1. The summed E-state index contributed by atoms with van der Waals surface area (Å²) in [7, 11) is 0. The SMILES string of the molecule is Cc1scc(C(=O)Nc2cccc3ncccc23)c1C. The van der Waals surface area contributed by atoms with E-state index < -0.39 is 0 Å². The Morgan fingerprint density at radius 2 is 2.05 bits per heavy atom. The van der Waals surface area contributed by atoms with Crippen LogP contribution in [0, 0.1) is 13.8 Å².